The molecule has 4 nitrogen and oxygen atoms in total. The van der Waals surface area contributed by atoms with Gasteiger partial charge in [-0.15, -0.1) is 0 Å². The molecular weight excluding hydrogens is 252 g/mol. The molecule has 1 fully saturated rings. The fourth-order valence-electron chi connectivity index (χ4n) is 3.12. The quantitative estimate of drug-likeness (QED) is 0.851. The molecular formula is C16H24N2O2. The van der Waals surface area contributed by atoms with Crippen LogP contribution >= 0.6 is 0 Å². The molecule has 0 aromatic heterocycles. The van der Waals surface area contributed by atoms with Crippen molar-refractivity contribution >= 4 is 0 Å². The van der Waals surface area contributed by atoms with Gasteiger partial charge in [0, 0.05) is 39.1 Å². The zero-order valence-electron chi connectivity index (χ0n) is 12.4. The molecule has 0 radical (unpaired) electrons. The molecule has 0 bridgehead atoms. The standard InChI is InChI=1S/C16H24N2O2/c1-16(2)8-13-7-12(3-4-15(13)20-16)10-18-6-5-17-9-14(19)11-18/h3-4,7,14,17,19H,5-6,8-11H2,1-2H3. The Balaban J connectivity index is 1.70. The number of nitrogens with zero attached hydrogens (tertiary/aromatic N) is 1. The smallest absolute Gasteiger partial charge is 0.123 e. The summed E-state index contributed by atoms with van der Waals surface area (Å²) in [5.74, 6) is 1.02. The van der Waals surface area contributed by atoms with Crippen LogP contribution in [-0.2, 0) is 13.0 Å². The number of hydrogen-bond acceptors (Lipinski definition) is 4. The van der Waals surface area contributed by atoms with Gasteiger partial charge in [-0.1, -0.05) is 12.1 Å². The Labute approximate surface area is 120 Å². The van der Waals surface area contributed by atoms with E-state index in [0.717, 1.165) is 38.3 Å². The van der Waals surface area contributed by atoms with Crippen molar-refractivity contribution in [1.82, 2.24) is 10.2 Å². The number of ether oxygens (including phenoxy) is 1. The molecule has 2 aliphatic heterocycles. The number of aliphatic hydroxyl groups excluding tert-OH is 1. The van der Waals surface area contributed by atoms with E-state index >= 15 is 0 Å². The molecule has 1 aromatic carbocycles. The fraction of sp³-hybridized carbons (Fsp3) is 0.625. The van der Waals surface area contributed by atoms with Gasteiger partial charge in [-0.25, -0.2) is 0 Å². The SMILES string of the molecule is CC1(C)Cc2cc(CN3CCNCC(O)C3)ccc2O1. The van der Waals surface area contributed by atoms with Gasteiger partial charge in [0.15, 0.2) is 0 Å². The van der Waals surface area contributed by atoms with Crippen molar-refractivity contribution in [2.75, 3.05) is 26.2 Å². The summed E-state index contributed by atoms with van der Waals surface area (Å²) in [5, 5.41) is 13.1. The topological polar surface area (TPSA) is 44.7 Å². The number of fused-ring (bicyclic) bond motifs is 1. The number of nitrogens with one attached hydrogen (secondary N) is 1. The van der Waals surface area contributed by atoms with Crippen LogP contribution in [0.2, 0.25) is 0 Å². The summed E-state index contributed by atoms with van der Waals surface area (Å²) in [5.41, 5.74) is 2.53. The van der Waals surface area contributed by atoms with E-state index in [0.29, 0.717) is 6.54 Å². The van der Waals surface area contributed by atoms with Crippen LogP contribution in [0, 0.1) is 0 Å². The predicted octanol–water partition coefficient (Wildman–Crippen LogP) is 1.17. The fourth-order valence-corrected chi connectivity index (χ4v) is 3.12. The first-order chi connectivity index (χ1) is 9.52. The second-order valence-electron chi connectivity index (χ2n) is 6.57. The van der Waals surface area contributed by atoms with Crippen molar-refractivity contribution in [2.24, 2.45) is 0 Å². The molecule has 2 heterocycles. The number of benzene rings is 1. The summed E-state index contributed by atoms with van der Waals surface area (Å²) in [6.07, 6.45) is 0.703. The zero-order valence-corrected chi connectivity index (χ0v) is 12.4. The predicted molar refractivity (Wildman–Crippen MR) is 79.0 cm³/mol. The number of aliphatic hydroxyl groups is 1. The van der Waals surface area contributed by atoms with Crippen LogP contribution in [0.5, 0.6) is 5.75 Å². The molecule has 0 aliphatic carbocycles. The Morgan fingerprint density at radius 2 is 2.30 bits per heavy atom. The number of rotatable bonds is 2. The van der Waals surface area contributed by atoms with Crippen LogP contribution in [0.4, 0.5) is 0 Å². The molecule has 1 atom stereocenters. The molecule has 1 aromatic rings. The molecule has 110 valence electrons. The van der Waals surface area contributed by atoms with Crippen molar-refractivity contribution in [3.05, 3.63) is 29.3 Å². The Morgan fingerprint density at radius 3 is 3.15 bits per heavy atom. The second kappa shape index (κ2) is 5.35. The Bertz CT molecular complexity index is 487. The van der Waals surface area contributed by atoms with Crippen LogP contribution in [0.25, 0.3) is 0 Å². The van der Waals surface area contributed by atoms with Gasteiger partial charge in [0.05, 0.1) is 6.10 Å². The lowest BCUT2D eigenvalue weighted by Crippen LogP contribution is -2.32. The monoisotopic (exact) mass is 276 g/mol. The lowest BCUT2D eigenvalue weighted by atomic mass is 10.00. The maximum atomic E-state index is 9.84. The largest absolute Gasteiger partial charge is 0.487 e. The van der Waals surface area contributed by atoms with Gasteiger partial charge in [-0.3, -0.25) is 4.90 Å². The molecule has 0 amide bonds. The molecule has 2 N–H and O–H groups in total. The zero-order chi connectivity index (χ0) is 14.2. The van der Waals surface area contributed by atoms with Gasteiger partial charge in [-0.05, 0) is 31.0 Å². The molecule has 1 saturated heterocycles. The van der Waals surface area contributed by atoms with Crippen LogP contribution in [-0.4, -0.2) is 47.9 Å². The van der Waals surface area contributed by atoms with Gasteiger partial charge in [-0.2, -0.15) is 0 Å². The van der Waals surface area contributed by atoms with E-state index in [1.165, 1.54) is 11.1 Å². The van der Waals surface area contributed by atoms with Crippen LogP contribution in [0.3, 0.4) is 0 Å². The molecule has 1 unspecified atom stereocenters. The lowest BCUT2D eigenvalue weighted by Gasteiger charge is -2.21. The van der Waals surface area contributed by atoms with E-state index < -0.39 is 0 Å². The first-order valence-corrected chi connectivity index (χ1v) is 7.44. The van der Waals surface area contributed by atoms with Crippen LogP contribution in [0.15, 0.2) is 18.2 Å². The molecule has 4 heteroatoms. The molecule has 20 heavy (non-hydrogen) atoms. The normalized spacial score (nSPS) is 25.9. The van der Waals surface area contributed by atoms with Gasteiger partial charge in [0.2, 0.25) is 0 Å². The minimum absolute atomic E-state index is 0.0797. The highest BCUT2D eigenvalue weighted by molar-refractivity contribution is 5.41. The second-order valence-corrected chi connectivity index (χ2v) is 6.57. The molecule has 0 spiro atoms. The van der Waals surface area contributed by atoms with Gasteiger partial charge in [0.1, 0.15) is 11.4 Å². The van der Waals surface area contributed by atoms with Crippen molar-refractivity contribution < 1.29 is 9.84 Å². The maximum absolute atomic E-state index is 9.84. The third-order valence-electron chi connectivity index (χ3n) is 3.99. The van der Waals surface area contributed by atoms with E-state index in [4.69, 9.17) is 4.74 Å². The highest BCUT2D eigenvalue weighted by atomic mass is 16.5. The van der Waals surface area contributed by atoms with E-state index in [1.54, 1.807) is 0 Å². The maximum Gasteiger partial charge on any atom is 0.123 e. The number of hydrogen-bond donors (Lipinski definition) is 2. The van der Waals surface area contributed by atoms with Crippen LogP contribution in [0.1, 0.15) is 25.0 Å². The van der Waals surface area contributed by atoms with Crippen molar-refractivity contribution in [1.29, 1.82) is 0 Å². The third kappa shape index (κ3) is 3.14. The first-order valence-electron chi connectivity index (χ1n) is 7.44. The van der Waals surface area contributed by atoms with Gasteiger partial charge >= 0.3 is 0 Å². The first kappa shape index (κ1) is 13.9. The average Bonchev–Trinajstić information content (AvgIpc) is 2.52. The average molecular weight is 276 g/mol. The summed E-state index contributed by atoms with van der Waals surface area (Å²) < 4.78 is 5.91. The summed E-state index contributed by atoms with van der Waals surface area (Å²) in [4.78, 5) is 2.31. The Hall–Kier alpha value is -1.10. The van der Waals surface area contributed by atoms with Gasteiger partial charge < -0.3 is 15.2 Å². The van der Waals surface area contributed by atoms with E-state index in [1.807, 2.05) is 0 Å². The molecule has 2 aliphatic rings. The summed E-state index contributed by atoms with van der Waals surface area (Å²) in [6, 6.07) is 6.49. The summed E-state index contributed by atoms with van der Waals surface area (Å²) in [7, 11) is 0. The minimum atomic E-state index is -0.269. The van der Waals surface area contributed by atoms with Crippen LogP contribution < -0.4 is 10.1 Å². The summed E-state index contributed by atoms with van der Waals surface area (Å²) >= 11 is 0. The third-order valence-corrected chi connectivity index (χ3v) is 3.99. The minimum Gasteiger partial charge on any atom is -0.487 e. The Morgan fingerprint density at radius 1 is 1.45 bits per heavy atom. The van der Waals surface area contributed by atoms with E-state index in [-0.39, 0.29) is 11.7 Å². The highest BCUT2D eigenvalue weighted by Gasteiger charge is 2.30. The molecule has 0 saturated carbocycles. The van der Waals surface area contributed by atoms with Crippen molar-refractivity contribution in [2.45, 2.75) is 38.5 Å². The van der Waals surface area contributed by atoms with Crippen molar-refractivity contribution in [3.63, 3.8) is 0 Å². The molecule has 3 rings (SSSR count). The Kier molecular flexibility index (Phi) is 3.71. The lowest BCUT2D eigenvalue weighted by molar-refractivity contribution is 0.127. The van der Waals surface area contributed by atoms with Gasteiger partial charge in [0.25, 0.3) is 0 Å². The van der Waals surface area contributed by atoms with E-state index in [2.05, 4.69) is 42.3 Å². The number of β-amino-alcohol motifs (C(OH)–C–C–N with tert-alkyl or cyclic N) is 1. The highest BCUT2D eigenvalue weighted by Crippen LogP contribution is 2.35. The van der Waals surface area contributed by atoms with E-state index in [9.17, 15) is 5.11 Å². The summed E-state index contributed by atoms with van der Waals surface area (Å²) in [6.45, 7) is 8.52. The van der Waals surface area contributed by atoms with Crippen molar-refractivity contribution in [3.8, 4) is 5.75 Å².